The van der Waals surface area contributed by atoms with E-state index in [-0.39, 0.29) is 6.09 Å². The fourth-order valence-corrected chi connectivity index (χ4v) is 3.61. The molecule has 0 spiro atoms. The highest BCUT2D eigenvalue weighted by Crippen LogP contribution is 2.24. The molecule has 1 aromatic heterocycles. The lowest BCUT2D eigenvalue weighted by Gasteiger charge is -2.33. The number of hydrogen-bond donors (Lipinski definition) is 1. The summed E-state index contributed by atoms with van der Waals surface area (Å²) in [5, 5.41) is 7.44. The number of likely N-dealkylation sites (tertiary alicyclic amines) is 1. The third kappa shape index (κ3) is 6.09. The number of carbonyl (C=O) groups is 1. The van der Waals surface area contributed by atoms with Crippen LogP contribution in [-0.2, 0) is 11.2 Å². The summed E-state index contributed by atoms with van der Waals surface area (Å²) in [5.41, 5.74) is -0.429. The van der Waals surface area contributed by atoms with Crippen molar-refractivity contribution in [3.8, 4) is 0 Å². The maximum absolute atomic E-state index is 12.1. The van der Waals surface area contributed by atoms with Gasteiger partial charge in [0.1, 0.15) is 5.60 Å². The van der Waals surface area contributed by atoms with Crippen molar-refractivity contribution in [2.75, 3.05) is 44.2 Å². The SMILES string of the molecule is CC(C)(C)OC(=O)N1CCC(CCCc2nc(N3CCNCC3)no2)CC1. The van der Waals surface area contributed by atoms with Gasteiger partial charge in [0, 0.05) is 45.7 Å². The van der Waals surface area contributed by atoms with Crippen molar-refractivity contribution in [3.05, 3.63) is 5.89 Å². The smallest absolute Gasteiger partial charge is 0.410 e. The highest BCUT2D eigenvalue weighted by molar-refractivity contribution is 5.68. The molecule has 0 atom stereocenters. The minimum Gasteiger partial charge on any atom is -0.444 e. The molecule has 152 valence electrons. The van der Waals surface area contributed by atoms with Crippen LogP contribution in [0.3, 0.4) is 0 Å². The van der Waals surface area contributed by atoms with Crippen LogP contribution in [0.5, 0.6) is 0 Å². The minimum absolute atomic E-state index is 0.188. The Labute approximate surface area is 161 Å². The summed E-state index contributed by atoms with van der Waals surface area (Å²) >= 11 is 0. The Morgan fingerprint density at radius 2 is 1.93 bits per heavy atom. The Morgan fingerprint density at radius 1 is 1.22 bits per heavy atom. The van der Waals surface area contributed by atoms with Crippen LogP contribution in [0, 0.1) is 5.92 Å². The molecular formula is C19H33N5O3. The molecule has 3 heterocycles. The summed E-state index contributed by atoms with van der Waals surface area (Å²) in [4.78, 5) is 20.7. The van der Waals surface area contributed by atoms with Gasteiger partial charge in [-0.2, -0.15) is 4.98 Å². The van der Waals surface area contributed by atoms with Crippen molar-refractivity contribution in [1.29, 1.82) is 0 Å². The van der Waals surface area contributed by atoms with Gasteiger partial charge >= 0.3 is 6.09 Å². The van der Waals surface area contributed by atoms with Gasteiger partial charge in [-0.25, -0.2) is 4.79 Å². The van der Waals surface area contributed by atoms with Gasteiger partial charge in [0.05, 0.1) is 0 Å². The number of anilines is 1. The number of amides is 1. The number of nitrogens with one attached hydrogen (secondary N) is 1. The first-order valence-corrected chi connectivity index (χ1v) is 10.2. The molecule has 3 rings (SSSR count). The van der Waals surface area contributed by atoms with E-state index in [1.54, 1.807) is 0 Å². The lowest BCUT2D eigenvalue weighted by Crippen LogP contribution is -2.44. The maximum Gasteiger partial charge on any atom is 0.410 e. The van der Waals surface area contributed by atoms with E-state index in [4.69, 9.17) is 9.26 Å². The molecule has 2 saturated heterocycles. The predicted octanol–water partition coefficient (Wildman–Crippen LogP) is 2.45. The number of piperazine rings is 1. The fraction of sp³-hybridized carbons (Fsp3) is 0.842. The highest BCUT2D eigenvalue weighted by atomic mass is 16.6. The normalized spacial score (nSPS) is 19.4. The molecule has 8 heteroatoms. The number of aromatic nitrogens is 2. The molecule has 1 aromatic rings. The molecule has 0 saturated carbocycles. The van der Waals surface area contributed by atoms with Crippen LogP contribution >= 0.6 is 0 Å². The van der Waals surface area contributed by atoms with E-state index >= 15 is 0 Å². The van der Waals surface area contributed by atoms with Gasteiger partial charge in [-0.15, -0.1) is 0 Å². The molecule has 2 fully saturated rings. The first-order chi connectivity index (χ1) is 12.9. The van der Waals surface area contributed by atoms with E-state index in [2.05, 4.69) is 20.4 Å². The standard InChI is InChI=1S/C19H33N5O3/c1-19(2,3)26-18(25)24-11-7-15(8-12-24)5-4-6-16-21-17(22-27-16)23-13-9-20-10-14-23/h15,20H,4-14H2,1-3H3. The number of ether oxygens (including phenoxy) is 1. The third-order valence-electron chi connectivity index (χ3n) is 5.13. The molecule has 1 N–H and O–H groups in total. The minimum atomic E-state index is -0.429. The zero-order valence-electron chi connectivity index (χ0n) is 16.9. The van der Waals surface area contributed by atoms with Crippen molar-refractivity contribution < 1.29 is 14.1 Å². The van der Waals surface area contributed by atoms with Gasteiger partial charge in [-0.1, -0.05) is 0 Å². The van der Waals surface area contributed by atoms with Crippen molar-refractivity contribution >= 4 is 12.0 Å². The molecule has 1 amide bonds. The zero-order chi connectivity index (χ0) is 19.3. The van der Waals surface area contributed by atoms with E-state index in [1.165, 1.54) is 0 Å². The number of piperidine rings is 1. The zero-order valence-corrected chi connectivity index (χ0v) is 16.9. The highest BCUT2D eigenvalue weighted by Gasteiger charge is 2.26. The van der Waals surface area contributed by atoms with Gasteiger partial charge in [-0.05, 0) is 57.5 Å². The summed E-state index contributed by atoms with van der Waals surface area (Å²) in [7, 11) is 0. The topological polar surface area (TPSA) is 83.7 Å². The Morgan fingerprint density at radius 3 is 2.59 bits per heavy atom. The Hall–Kier alpha value is -1.83. The van der Waals surface area contributed by atoms with Crippen LogP contribution < -0.4 is 10.2 Å². The fourth-order valence-electron chi connectivity index (χ4n) is 3.61. The van der Waals surface area contributed by atoms with Crippen molar-refractivity contribution in [2.45, 2.75) is 58.5 Å². The summed E-state index contributed by atoms with van der Waals surface area (Å²) in [6.07, 6.45) is 4.89. The van der Waals surface area contributed by atoms with Crippen LogP contribution in [0.4, 0.5) is 10.7 Å². The van der Waals surface area contributed by atoms with Crippen molar-refractivity contribution in [3.63, 3.8) is 0 Å². The molecule has 0 radical (unpaired) electrons. The van der Waals surface area contributed by atoms with Crippen LogP contribution in [0.1, 0.15) is 52.3 Å². The van der Waals surface area contributed by atoms with Crippen LogP contribution in [0.25, 0.3) is 0 Å². The van der Waals surface area contributed by atoms with E-state index in [0.29, 0.717) is 5.92 Å². The van der Waals surface area contributed by atoms with E-state index in [9.17, 15) is 4.79 Å². The molecule has 8 nitrogen and oxygen atoms in total. The lowest BCUT2D eigenvalue weighted by atomic mass is 9.92. The van der Waals surface area contributed by atoms with E-state index < -0.39 is 5.60 Å². The van der Waals surface area contributed by atoms with Crippen LogP contribution in [-0.4, -0.2) is 66.0 Å². The molecule has 2 aliphatic rings. The first kappa shape index (κ1) is 19.9. The van der Waals surface area contributed by atoms with Crippen LogP contribution in [0.15, 0.2) is 4.52 Å². The number of rotatable bonds is 5. The molecule has 0 aliphatic carbocycles. The van der Waals surface area contributed by atoms with Gasteiger partial charge in [0.15, 0.2) is 0 Å². The molecule has 0 unspecified atom stereocenters. The first-order valence-electron chi connectivity index (χ1n) is 10.2. The summed E-state index contributed by atoms with van der Waals surface area (Å²) < 4.78 is 10.9. The average molecular weight is 380 g/mol. The predicted molar refractivity (Wildman–Crippen MR) is 103 cm³/mol. The Balaban J connectivity index is 1.35. The van der Waals surface area contributed by atoms with E-state index in [0.717, 1.165) is 83.2 Å². The second-order valence-electron chi connectivity index (χ2n) is 8.53. The van der Waals surface area contributed by atoms with Gasteiger partial charge < -0.3 is 24.4 Å². The van der Waals surface area contributed by atoms with Crippen LogP contribution in [0.2, 0.25) is 0 Å². The molecule has 27 heavy (non-hydrogen) atoms. The molecule has 0 aromatic carbocycles. The Kier molecular flexibility index (Phi) is 6.57. The van der Waals surface area contributed by atoms with Gasteiger partial charge in [0.2, 0.25) is 5.89 Å². The molecule has 2 aliphatic heterocycles. The number of aryl methyl sites for hydroxylation is 1. The summed E-state index contributed by atoms with van der Waals surface area (Å²) in [6, 6.07) is 0. The third-order valence-corrected chi connectivity index (χ3v) is 5.13. The monoisotopic (exact) mass is 379 g/mol. The summed E-state index contributed by atoms with van der Waals surface area (Å²) in [5.74, 6) is 2.10. The summed E-state index contributed by atoms with van der Waals surface area (Å²) in [6.45, 7) is 11.1. The lowest BCUT2D eigenvalue weighted by molar-refractivity contribution is 0.0180. The quantitative estimate of drug-likeness (QED) is 0.841. The number of nitrogens with zero attached hydrogens (tertiary/aromatic N) is 4. The Bertz CT molecular complexity index is 599. The second kappa shape index (κ2) is 8.91. The average Bonchev–Trinajstić information content (AvgIpc) is 3.10. The second-order valence-corrected chi connectivity index (χ2v) is 8.53. The van der Waals surface area contributed by atoms with E-state index in [1.807, 2.05) is 25.7 Å². The van der Waals surface area contributed by atoms with Gasteiger partial charge in [0.25, 0.3) is 5.95 Å². The van der Waals surface area contributed by atoms with Crippen molar-refractivity contribution in [2.24, 2.45) is 5.92 Å². The maximum atomic E-state index is 12.1. The molecular weight excluding hydrogens is 346 g/mol. The number of carbonyl (C=O) groups excluding carboxylic acids is 1. The number of hydrogen-bond acceptors (Lipinski definition) is 7. The molecule has 0 bridgehead atoms. The van der Waals surface area contributed by atoms with Crippen molar-refractivity contribution in [1.82, 2.24) is 20.4 Å². The van der Waals surface area contributed by atoms with Gasteiger partial charge in [-0.3, -0.25) is 0 Å². The largest absolute Gasteiger partial charge is 0.444 e.